The van der Waals surface area contributed by atoms with Crippen LogP contribution in [-0.2, 0) is 6.42 Å². The molecule has 0 amide bonds. The van der Waals surface area contributed by atoms with Gasteiger partial charge in [0, 0.05) is 22.6 Å². The summed E-state index contributed by atoms with van der Waals surface area (Å²) in [5.74, 6) is 0.929. The minimum Gasteiger partial charge on any atom is -0.357 e. The van der Waals surface area contributed by atoms with E-state index < -0.39 is 0 Å². The van der Waals surface area contributed by atoms with E-state index in [2.05, 4.69) is 34.6 Å². The summed E-state index contributed by atoms with van der Waals surface area (Å²) in [5.41, 5.74) is 4.36. The van der Waals surface area contributed by atoms with E-state index in [4.69, 9.17) is 0 Å². The second-order valence-electron chi connectivity index (χ2n) is 6.56. The molecule has 2 heterocycles. The molecule has 2 nitrogen and oxygen atoms in total. The van der Waals surface area contributed by atoms with Crippen LogP contribution < -0.4 is 5.32 Å². The van der Waals surface area contributed by atoms with Crippen molar-refractivity contribution in [2.45, 2.75) is 51.0 Å². The van der Waals surface area contributed by atoms with Crippen molar-refractivity contribution < 1.29 is 0 Å². The Kier molecular flexibility index (Phi) is 3.27. The molecule has 20 heavy (non-hydrogen) atoms. The second-order valence-corrected chi connectivity index (χ2v) is 6.56. The first-order valence-electron chi connectivity index (χ1n) is 8.24. The Bertz CT molecular complexity index is 592. The van der Waals surface area contributed by atoms with Crippen LogP contribution in [0.5, 0.6) is 0 Å². The smallest absolute Gasteiger partial charge is 0.0478 e. The normalized spacial score (nSPS) is 23.9. The van der Waals surface area contributed by atoms with Crippen molar-refractivity contribution in [1.29, 1.82) is 0 Å². The molecule has 1 aromatic heterocycles. The highest BCUT2D eigenvalue weighted by atomic mass is 15.0. The van der Waals surface area contributed by atoms with Crippen molar-refractivity contribution in [3.05, 3.63) is 35.5 Å². The molecule has 1 atom stereocenters. The van der Waals surface area contributed by atoms with E-state index in [9.17, 15) is 0 Å². The van der Waals surface area contributed by atoms with Gasteiger partial charge in [0.05, 0.1) is 0 Å². The summed E-state index contributed by atoms with van der Waals surface area (Å²) in [6, 6.07) is 9.33. The third-order valence-electron chi connectivity index (χ3n) is 5.25. The van der Waals surface area contributed by atoms with Crippen molar-refractivity contribution in [2.75, 3.05) is 6.54 Å². The van der Waals surface area contributed by atoms with Gasteiger partial charge in [0.1, 0.15) is 0 Å². The van der Waals surface area contributed by atoms with Gasteiger partial charge < -0.3 is 10.3 Å². The molecule has 2 aromatic rings. The molecule has 2 heteroatoms. The molecule has 2 N–H and O–H groups in total. The third-order valence-corrected chi connectivity index (χ3v) is 5.25. The average Bonchev–Trinajstić information content (AvgIpc) is 2.88. The van der Waals surface area contributed by atoms with Gasteiger partial charge in [-0.15, -0.1) is 0 Å². The molecule has 1 fully saturated rings. The van der Waals surface area contributed by atoms with E-state index in [1.807, 2.05) is 0 Å². The summed E-state index contributed by atoms with van der Waals surface area (Å²) in [7, 11) is 0. The predicted octanol–water partition coefficient (Wildman–Crippen LogP) is 4.33. The highest BCUT2D eigenvalue weighted by Gasteiger charge is 2.26. The Labute approximate surface area is 121 Å². The molecular formula is C18H24N2. The minimum absolute atomic E-state index is 0.550. The summed E-state index contributed by atoms with van der Waals surface area (Å²) >= 11 is 0. The van der Waals surface area contributed by atoms with Crippen LogP contribution in [-0.4, -0.2) is 11.5 Å². The maximum atomic E-state index is 3.75. The summed E-state index contributed by atoms with van der Waals surface area (Å²) in [5, 5.41) is 5.19. The molecule has 1 aromatic carbocycles. The number of H-pyrrole nitrogens is 1. The molecule has 1 unspecified atom stereocenters. The van der Waals surface area contributed by atoms with Crippen molar-refractivity contribution in [3.63, 3.8) is 0 Å². The van der Waals surface area contributed by atoms with Crippen molar-refractivity contribution >= 4 is 10.9 Å². The molecule has 0 bridgehead atoms. The summed E-state index contributed by atoms with van der Waals surface area (Å²) in [6.07, 6.45) is 9.70. The number of hydrogen-bond donors (Lipinski definition) is 2. The molecule has 1 aliphatic carbocycles. The fraction of sp³-hybridized carbons (Fsp3) is 0.556. The lowest BCUT2D eigenvalue weighted by atomic mass is 9.83. The first-order valence-corrected chi connectivity index (χ1v) is 8.24. The Morgan fingerprint density at radius 1 is 1.05 bits per heavy atom. The summed E-state index contributed by atoms with van der Waals surface area (Å²) in [4.78, 5) is 3.69. The first kappa shape index (κ1) is 12.5. The molecule has 4 rings (SSSR count). The van der Waals surface area contributed by atoms with Crippen molar-refractivity contribution in [2.24, 2.45) is 5.92 Å². The Morgan fingerprint density at radius 2 is 1.90 bits per heavy atom. The topological polar surface area (TPSA) is 27.8 Å². The summed E-state index contributed by atoms with van der Waals surface area (Å²) < 4.78 is 0. The number of rotatable bonds is 2. The third kappa shape index (κ3) is 2.16. The van der Waals surface area contributed by atoms with E-state index in [-0.39, 0.29) is 0 Å². The van der Waals surface area contributed by atoms with E-state index in [0.29, 0.717) is 6.04 Å². The number of para-hydroxylation sites is 1. The van der Waals surface area contributed by atoms with Crippen LogP contribution in [0.3, 0.4) is 0 Å². The van der Waals surface area contributed by atoms with Gasteiger partial charge in [-0.2, -0.15) is 0 Å². The fourth-order valence-electron chi connectivity index (χ4n) is 4.22. The number of aromatic nitrogens is 1. The zero-order valence-corrected chi connectivity index (χ0v) is 12.1. The highest BCUT2D eigenvalue weighted by Crippen LogP contribution is 2.36. The van der Waals surface area contributed by atoms with Crippen LogP contribution in [0.2, 0.25) is 0 Å². The van der Waals surface area contributed by atoms with Gasteiger partial charge >= 0.3 is 0 Å². The van der Waals surface area contributed by atoms with Crippen LogP contribution in [0, 0.1) is 5.92 Å². The van der Waals surface area contributed by atoms with Gasteiger partial charge in [0.15, 0.2) is 0 Å². The monoisotopic (exact) mass is 268 g/mol. The molecule has 0 saturated heterocycles. The van der Waals surface area contributed by atoms with Crippen LogP contribution in [0.1, 0.15) is 55.8 Å². The van der Waals surface area contributed by atoms with E-state index in [1.54, 1.807) is 5.56 Å². The molecule has 0 spiro atoms. The van der Waals surface area contributed by atoms with Crippen LogP contribution in [0.25, 0.3) is 10.9 Å². The number of fused-ring (bicyclic) bond motifs is 3. The van der Waals surface area contributed by atoms with Crippen molar-refractivity contribution in [3.8, 4) is 0 Å². The van der Waals surface area contributed by atoms with Gasteiger partial charge in [0.2, 0.25) is 0 Å². The number of hydrogen-bond acceptors (Lipinski definition) is 1. The van der Waals surface area contributed by atoms with E-state index in [0.717, 1.165) is 12.5 Å². The first-order chi connectivity index (χ1) is 9.92. The van der Waals surface area contributed by atoms with Crippen LogP contribution >= 0.6 is 0 Å². The lowest BCUT2D eigenvalue weighted by Gasteiger charge is -2.30. The summed E-state index contributed by atoms with van der Waals surface area (Å²) in [6.45, 7) is 1.13. The molecular weight excluding hydrogens is 244 g/mol. The minimum atomic E-state index is 0.550. The van der Waals surface area contributed by atoms with E-state index in [1.165, 1.54) is 61.5 Å². The number of nitrogens with one attached hydrogen (secondary N) is 2. The zero-order valence-electron chi connectivity index (χ0n) is 12.1. The quantitative estimate of drug-likeness (QED) is 0.834. The number of aromatic amines is 1. The second kappa shape index (κ2) is 5.25. The maximum Gasteiger partial charge on any atom is 0.0478 e. The Morgan fingerprint density at radius 3 is 2.80 bits per heavy atom. The molecule has 1 aliphatic heterocycles. The SMILES string of the molecule is c1ccc2c3c([nH]c2c1)C(CC1CCCCC1)NCC3. The van der Waals surface area contributed by atoms with Crippen LogP contribution in [0.15, 0.2) is 24.3 Å². The maximum absolute atomic E-state index is 3.75. The Hall–Kier alpha value is -1.28. The predicted molar refractivity (Wildman–Crippen MR) is 83.9 cm³/mol. The largest absolute Gasteiger partial charge is 0.357 e. The van der Waals surface area contributed by atoms with Gasteiger partial charge in [-0.05, 0) is 36.9 Å². The fourth-order valence-corrected chi connectivity index (χ4v) is 4.22. The zero-order chi connectivity index (χ0) is 13.4. The Balaban J connectivity index is 1.63. The standard InChI is InChI=1S/C18H24N2/c1-2-6-13(7-3-1)12-17-18-15(10-11-19-17)14-8-4-5-9-16(14)20-18/h4-5,8-9,13,17,19-20H,1-3,6-7,10-12H2. The molecule has 2 aliphatic rings. The highest BCUT2D eigenvalue weighted by molar-refractivity contribution is 5.85. The van der Waals surface area contributed by atoms with Crippen molar-refractivity contribution in [1.82, 2.24) is 10.3 Å². The van der Waals surface area contributed by atoms with Gasteiger partial charge in [0.25, 0.3) is 0 Å². The number of benzene rings is 1. The van der Waals surface area contributed by atoms with Gasteiger partial charge in [-0.1, -0.05) is 50.3 Å². The lowest BCUT2D eigenvalue weighted by molar-refractivity contribution is 0.293. The lowest BCUT2D eigenvalue weighted by Crippen LogP contribution is -2.31. The molecule has 1 saturated carbocycles. The molecule has 106 valence electrons. The van der Waals surface area contributed by atoms with Gasteiger partial charge in [-0.3, -0.25) is 0 Å². The van der Waals surface area contributed by atoms with E-state index >= 15 is 0 Å². The molecule has 0 radical (unpaired) electrons. The van der Waals surface area contributed by atoms with Crippen LogP contribution in [0.4, 0.5) is 0 Å². The van der Waals surface area contributed by atoms with Gasteiger partial charge in [-0.25, -0.2) is 0 Å². The average molecular weight is 268 g/mol.